The van der Waals surface area contributed by atoms with E-state index in [1.165, 1.54) is 0 Å². The van der Waals surface area contributed by atoms with Crippen molar-refractivity contribution in [2.75, 3.05) is 5.32 Å². The predicted octanol–water partition coefficient (Wildman–Crippen LogP) is 3.77. The van der Waals surface area contributed by atoms with E-state index in [0.29, 0.717) is 5.56 Å². The summed E-state index contributed by atoms with van der Waals surface area (Å²) in [6, 6.07) is 9.56. The lowest BCUT2D eigenvalue weighted by Gasteiger charge is -2.09. The number of hydrogen-bond donors (Lipinski definition) is 1. The van der Waals surface area contributed by atoms with E-state index in [1.807, 2.05) is 19.1 Å². The summed E-state index contributed by atoms with van der Waals surface area (Å²) in [4.78, 5) is 4.07. The first-order valence-corrected chi connectivity index (χ1v) is 5.86. The largest absolute Gasteiger partial charge is 0.354 e. The number of rotatable bonds is 2. The second-order valence-corrected chi connectivity index (χ2v) is 4.57. The van der Waals surface area contributed by atoms with Crippen molar-refractivity contribution in [2.24, 2.45) is 0 Å². The average molecular weight is 288 g/mol. The fraction of sp³-hybridized carbons (Fsp3) is 0.0769. The van der Waals surface area contributed by atoms with Gasteiger partial charge in [-0.15, -0.1) is 0 Å². The van der Waals surface area contributed by atoms with Crippen molar-refractivity contribution in [1.29, 1.82) is 5.26 Å². The Hall–Kier alpha value is -1.86. The molecular formula is C13H10BrN3. The number of nitrogens with one attached hydrogen (secondary N) is 1. The topological polar surface area (TPSA) is 48.7 Å². The molecule has 1 aromatic carbocycles. The molecule has 0 aliphatic carbocycles. The highest BCUT2D eigenvalue weighted by molar-refractivity contribution is 9.10. The van der Waals surface area contributed by atoms with Gasteiger partial charge in [0, 0.05) is 16.4 Å². The van der Waals surface area contributed by atoms with Crippen LogP contribution in [0.2, 0.25) is 0 Å². The van der Waals surface area contributed by atoms with Gasteiger partial charge < -0.3 is 5.32 Å². The Morgan fingerprint density at radius 1 is 1.35 bits per heavy atom. The molecule has 1 heterocycles. The zero-order valence-corrected chi connectivity index (χ0v) is 10.8. The van der Waals surface area contributed by atoms with Crippen molar-refractivity contribution in [3.8, 4) is 6.07 Å². The van der Waals surface area contributed by atoms with Crippen LogP contribution in [0.25, 0.3) is 0 Å². The molecule has 1 N–H and O–H groups in total. The van der Waals surface area contributed by atoms with Gasteiger partial charge in [-0.1, -0.05) is 15.9 Å². The van der Waals surface area contributed by atoms with Crippen molar-refractivity contribution >= 4 is 27.3 Å². The molecule has 0 saturated carbocycles. The molecule has 0 saturated heterocycles. The maximum absolute atomic E-state index is 8.90. The van der Waals surface area contributed by atoms with Crippen LogP contribution in [-0.2, 0) is 0 Å². The van der Waals surface area contributed by atoms with Gasteiger partial charge in [0.1, 0.15) is 0 Å². The van der Waals surface area contributed by atoms with Crippen molar-refractivity contribution in [3.63, 3.8) is 0 Å². The lowest BCUT2D eigenvalue weighted by molar-refractivity contribution is 1.28. The number of benzene rings is 1. The SMILES string of the molecule is Cc1ccncc1Nc1cc(Br)cc(C#N)c1. The van der Waals surface area contributed by atoms with Gasteiger partial charge in [0.2, 0.25) is 0 Å². The van der Waals surface area contributed by atoms with Gasteiger partial charge >= 0.3 is 0 Å². The van der Waals surface area contributed by atoms with Gasteiger partial charge in [0.25, 0.3) is 0 Å². The predicted molar refractivity (Wildman–Crippen MR) is 71.1 cm³/mol. The van der Waals surface area contributed by atoms with Crippen LogP contribution >= 0.6 is 15.9 Å². The third-order valence-corrected chi connectivity index (χ3v) is 2.80. The first-order valence-electron chi connectivity index (χ1n) is 5.07. The molecule has 1 aromatic heterocycles. The number of nitrogens with zero attached hydrogens (tertiary/aromatic N) is 2. The van der Waals surface area contributed by atoms with Crippen LogP contribution in [0.4, 0.5) is 11.4 Å². The molecule has 0 aliphatic rings. The first kappa shape index (κ1) is 11.6. The molecule has 17 heavy (non-hydrogen) atoms. The van der Waals surface area contributed by atoms with Crippen LogP contribution in [-0.4, -0.2) is 4.98 Å². The van der Waals surface area contributed by atoms with Crippen LogP contribution < -0.4 is 5.32 Å². The van der Waals surface area contributed by atoms with Crippen LogP contribution in [0.5, 0.6) is 0 Å². The van der Waals surface area contributed by atoms with Gasteiger partial charge in [-0.05, 0) is 36.8 Å². The van der Waals surface area contributed by atoms with Crippen LogP contribution in [0, 0.1) is 18.3 Å². The molecule has 0 bridgehead atoms. The third-order valence-electron chi connectivity index (χ3n) is 2.34. The molecule has 0 unspecified atom stereocenters. The second-order valence-electron chi connectivity index (χ2n) is 3.66. The Kier molecular flexibility index (Phi) is 3.40. The molecule has 84 valence electrons. The average Bonchev–Trinajstić information content (AvgIpc) is 2.31. The fourth-order valence-electron chi connectivity index (χ4n) is 1.48. The molecule has 0 atom stereocenters. The minimum atomic E-state index is 0.614. The highest BCUT2D eigenvalue weighted by atomic mass is 79.9. The van der Waals surface area contributed by atoms with E-state index in [9.17, 15) is 0 Å². The molecule has 0 aliphatic heterocycles. The van der Waals surface area contributed by atoms with Crippen LogP contribution in [0.15, 0.2) is 41.1 Å². The van der Waals surface area contributed by atoms with E-state index < -0.39 is 0 Å². The molecule has 0 radical (unpaired) electrons. The Balaban J connectivity index is 2.34. The molecule has 4 heteroatoms. The van der Waals surface area contributed by atoms with E-state index >= 15 is 0 Å². The molecule has 2 aromatic rings. The van der Waals surface area contributed by atoms with Gasteiger partial charge in [-0.25, -0.2) is 0 Å². The lowest BCUT2D eigenvalue weighted by Crippen LogP contribution is -1.94. The maximum Gasteiger partial charge on any atom is 0.0992 e. The van der Waals surface area contributed by atoms with E-state index in [4.69, 9.17) is 5.26 Å². The molecular weight excluding hydrogens is 278 g/mol. The summed E-state index contributed by atoms with van der Waals surface area (Å²) in [6.45, 7) is 2.01. The summed E-state index contributed by atoms with van der Waals surface area (Å²) in [7, 11) is 0. The highest BCUT2D eigenvalue weighted by Gasteiger charge is 2.01. The van der Waals surface area contributed by atoms with E-state index in [-0.39, 0.29) is 0 Å². The van der Waals surface area contributed by atoms with Gasteiger partial charge in [-0.3, -0.25) is 4.98 Å². The zero-order chi connectivity index (χ0) is 12.3. The highest BCUT2D eigenvalue weighted by Crippen LogP contribution is 2.23. The van der Waals surface area contributed by atoms with Gasteiger partial charge in [0.05, 0.1) is 23.5 Å². The summed E-state index contributed by atoms with van der Waals surface area (Å²) in [5.74, 6) is 0. The number of hydrogen-bond acceptors (Lipinski definition) is 3. The lowest BCUT2D eigenvalue weighted by atomic mass is 10.2. The van der Waals surface area contributed by atoms with Gasteiger partial charge in [0.15, 0.2) is 0 Å². The molecule has 0 spiro atoms. The summed E-state index contributed by atoms with van der Waals surface area (Å²) >= 11 is 3.38. The fourth-order valence-corrected chi connectivity index (χ4v) is 1.97. The summed E-state index contributed by atoms with van der Waals surface area (Å²) < 4.78 is 0.876. The Labute approximate surface area is 108 Å². The maximum atomic E-state index is 8.90. The normalized spacial score (nSPS) is 9.71. The first-order chi connectivity index (χ1) is 8.19. The van der Waals surface area contributed by atoms with Crippen LogP contribution in [0.1, 0.15) is 11.1 Å². The van der Waals surface area contributed by atoms with E-state index in [1.54, 1.807) is 24.5 Å². The number of aryl methyl sites for hydroxylation is 1. The number of aromatic nitrogens is 1. The van der Waals surface area contributed by atoms with Crippen molar-refractivity contribution in [2.45, 2.75) is 6.92 Å². The molecule has 2 rings (SSSR count). The standard InChI is InChI=1S/C13H10BrN3/c1-9-2-3-16-8-13(9)17-12-5-10(7-15)4-11(14)6-12/h2-6,8,17H,1H3. The molecule has 3 nitrogen and oxygen atoms in total. The van der Waals surface area contributed by atoms with E-state index in [2.05, 4.69) is 32.3 Å². The zero-order valence-electron chi connectivity index (χ0n) is 9.24. The number of pyridine rings is 1. The summed E-state index contributed by atoms with van der Waals surface area (Å²) in [5, 5.41) is 12.1. The quantitative estimate of drug-likeness (QED) is 0.915. The number of halogens is 1. The van der Waals surface area contributed by atoms with Gasteiger partial charge in [-0.2, -0.15) is 5.26 Å². The van der Waals surface area contributed by atoms with E-state index in [0.717, 1.165) is 21.4 Å². The minimum absolute atomic E-state index is 0.614. The molecule has 0 amide bonds. The second kappa shape index (κ2) is 4.98. The summed E-state index contributed by atoms with van der Waals surface area (Å²) in [5.41, 5.74) is 3.53. The van der Waals surface area contributed by atoms with Crippen molar-refractivity contribution in [1.82, 2.24) is 4.98 Å². The van der Waals surface area contributed by atoms with Crippen molar-refractivity contribution < 1.29 is 0 Å². The Morgan fingerprint density at radius 3 is 2.88 bits per heavy atom. The van der Waals surface area contributed by atoms with Crippen LogP contribution in [0.3, 0.4) is 0 Å². The number of nitriles is 1. The Bertz CT molecular complexity index is 587. The molecule has 0 fully saturated rings. The third kappa shape index (κ3) is 2.83. The van der Waals surface area contributed by atoms with Crippen molar-refractivity contribution in [3.05, 3.63) is 52.3 Å². The summed E-state index contributed by atoms with van der Waals surface area (Å²) in [6.07, 6.45) is 3.52. The minimum Gasteiger partial charge on any atom is -0.354 e. The smallest absolute Gasteiger partial charge is 0.0992 e. The monoisotopic (exact) mass is 287 g/mol. The number of anilines is 2. The Morgan fingerprint density at radius 2 is 2.18 bits per heavy atom.